The van der Waals surface area contributed by atoms with Gasteiger partial charge in [0.1, 0.15) is 0 Å². The summed E-state index contributed by atoms with van der Waals surface area (Å²) >= 11 is 0. The lowest BCUT2D eigenvalue weighted by molar-refractivity contribution is 0.0290. The highest BCUT2D eigenvalue weighted by Crippen LogP contribution is 2.42. The molecule has 0 amide bonds. The maximum absolute atomic E-state index is 5.57. The average molecular weight is 775 g/mol. The Morgan fingerprint density at radius 2 is 0.900 bits per heavy atom. The van der Waals surface area contributed by atoms with Crippen LogP contribution in [0.15, 0.2) is 60.9 Å². The molecule has 0 saturated carbocycles. The van der Waals surface area contributed by atoms with E-state index in [2.05, 4.69) is 57.9 Å². The molecule has 1 saturated heterocycles. The van der Waals surface area contributed by atoms with Gasteiger partial charge < -0.3 is 28.4 Å². The summed E-state index contributed by atoms with van der Waals surface area (Å²) in [6.07, 6.45) is 3.74. The molecule has 4 aromatic rings. The number of halogens is 4. The highest BCUT2D eigenvalue weighted by atomic mass is 35.5. The van der Waals surface area contributed by atoms with E-state index in [0.717, 1.165) is 48.7 Å². The summed E-state index contributed by atoms with van der Waals surface area (Å²) in [6.45, 7) is 8.18. The first-order valence-corrected chi connectivity index (χ1v) is 15.3. The van der Waals surface area contributed by atoms with Gasteiger partial charge in [0.05, 0.1) is 54.0 Å². The fourth-order valence-electron chi connectivity index (χ4n) is 6.29. The lowest BCUT2D eigenvalue weighted by Crippen LogP contribution is -2.55. The smallest absolute Gasteiger partial charge is 0.203 e. The first kappa shape index (κ1) is 44.6. The van der Waals surface area contributed by atoms with Gasteiger partial charge in [0.15, 0.2) is 23.0 Å². The molecule has 2 atom stereocenters. The van der Waals surface area contributed by atoms with Crippen LogP contribution in [0.4, 0.5) is 0 Å². The number of ether oxygens (including phenoxy) is 6. The first-order chi connectivity index (χ1) is 22.3. The number of methoxy groups -OCH3 is 6. The predicted molar refractivity (Wildman–Crippen MR) is 207 cm³/mol. The van der Waals surface area contributed by atoms with Crippen molar-refractivity contribution in [3.63, 3.8) is 0 Å². The minimum Gasteiger partial charge on any atom is -0.493 e. The average Bonchev–Trinajstić information content (AvgIpc) is 3.08. The van der Waals surface area contributed by atoms with Gasteiger partial charge in [-0.25, -0.2) is 0 Å². The van der Waals surface area contributed by atoms with Crippen LogP contribution in [0.5, 0.6) is 34.5 Å². The molecule has 0 aliphatic carbocycles. The fraction of sp³-hybridized carbons (Fsp3) is 0.389. The standard InChI is InChI=1S/C36H44N4O6.4ClH/c1-23-19-39(21-25-9-11-37-29(13-25)27-15-31(41-3)35(45-7)32(16-27)42-4)20-24(2)40(23)22-26-10-12-38-30(14-26)28-17-33(43-5)36(46-8)34(18-28)44-6;;;;/h9-18,23-24H,19-22H2,1-8H3;4*1H. The number of benzene rings is 2. The van der Waals surface area contributed by atoms with E-state index in [-0.39, 0.29) is 49.6 Å². The molecule has 276 valence electrons. The number of rotatable bonds is 12. The first-order valence-electron chi connectivity index (χ1n) is 15.3. The summed E-state index contributed by atoms with van der Waals surface area (Å²) in [7, 11) is 9.69. The Labute approximate surface area is 320 Å². The third-order valence-corrected chi connectivity index (χ3v) is 8.52. The van der Waals surface area contributed by atoms with Crippen molar-refractivity contribution in [3.8, 4) is 57.0 Å². The van der Waals surface area contributed by atoms with Crippen molar-refractivity contribution >= 4 is 49.6 Å². The molecule has 1 aliphatic rings. The van der Waals surface area contributed by atoms with Crippen LogP contribution >= 0.6 is 49.6 Å². The van der Waals surface area contributed by atoms with Crippen LogP contribution < -0.4 is 28.4 Å². The van der Waals surface area contributed by atoms with E-state index in [1.807, 2.05) is 36.7 Å². The van der Waals surface area contributed by atoms with E-state index < -0.39 is 0 Å². The lowest BCUT2D eigenvalue weighted by Gasteiger charge is -2.44. The van der Waals surface area contributed by atoms with Crippen molar-refractivity contribution in [2.24, 2.45) is 0 Å². The molecule has 0 radical (unpaired) electrons. The molecule has 2 aromatic carbocycles. The number of piperazine rings is 1. The Hall–Kier alpha value is -3.38. The van der Waals surface area contributed by atoms with Crippen molar-refractivity contribution in [2.75, 3.05) is 55.7 Å². The van der Waals surface area contributed by atoms with E-state index in [4.69, 9.17) is 28.4 Å². The van der Waals surface area contributed by atoms with Gasteiger partial charge in [-0.1, -0.05) is 0 Å². The molecule has 3 heterocycles. The molecule has 14 heteroatoms. The maximum Gasteiger partial charge on any atom is 0.203 e. The topological polar surface area (TPSA) is 87.6 Å². The molecule has 2 aromatic heterocycles. The van der Waals surface area contributed by atoms with Gasteiger partial charge in [-0.3, -0.25) is 19.8 Å². The highest BCUT2D eigenvalue weighted by molar-refractivity contribution is 5.86. The van der Waals surface area contributed by atoms with Gasteiger partial charge in [0.25, 0.3) is 0 Å². The van der Waals surface area contributed by atoms with Crippen molar-refractivity contribution in [1.29, 1.82) is 0 Å². The Balaban J connectivity index is 0.00000312. The second kappa shape index (κ2) is 20.5. The van der Waals surface area contributed by atoms with E-state index in [0.29, 0.717) is 46.6 Å². The van der Waals surface area contributed by atoms with E-state index in [9.17, 15) is 0 Å². The summed E-state index contributed by atoms with van der Waals surface area (Å²) in [4.78, 5) is 14.4. The van der Waals surface area contributed by atoms with Crippen LogP contribution in [0.3, 0.4) is 0 Å². The fourth-order valence-corrected chi connectivity index (χ4v) is 6.29. The van der Waals surface area contributed by atoms with Gasteiger partial charge in [-0.05, 0) is 73.5 Å². The SMILES string of the molecule is COc1cc(-c2cc(CN3CC(C)N(Cc4ccnc(-c5cc(OC)c(OC)c(OC)c5)c4)C(C)C3)ccn2)cc(OC)c1OC.Cl.Cl.Cl.Cl. The Bertz CT molecular complexity index is 1600. The predicted octanol–water partition coefficient (Wildman–Crippen LogP) is 7.64. The van der Waals surface area contributed by atoms with Crippen LogP contribution in [0.2, 0.25) is 0 Å². The number of aromatic nitrogens is 2. The quantitative estimate of drug-likeness (QED) is 0.143. The van der Waals surface area contributed by atoms with Gasteiger partial charge in [-0.15, -0.1) is 49.6 Å². The summed E-state index contributed by atoms with van der Waals surface area (Å²) in [5, 5.41) is 0. The molecule has 10 nitrogen and oxygen atoms in total. The molecular formula is C36H48Cl4N4O6. The summed E-state index contributed by atoms with van der Waals surface area (Å²) < 4.78 is 33.2. The zero-order chi connectivity index (χ0) is 32.8. The minimum atomic E-state index is 0. The van der Waals surface area contributed by atoms with Crippen LogP contribution in [0.1, 0.15) is 25.0 Å². The molecule has 2 unspecified atom stereocenters. The molecular weight excluding hydrogens is 726 g/mol. The zero-order valence-corrected chi connectivity index (χ0v) is 32.9. The molecule has 1 aliphatic heterocycles. The van der Waals surface area contributed by atoms with Gasteiger partial charge in [0.2, 0.25) is 11.5 Å². The second-order valence-corrected chi connectivity index (χ2v) is 11.5. The van der Waals surface area contributed by atoms with Crippen LogP contribution in [0, 0.1) is 0 Å². The maximum atomic E-state index is 5.57. The van der Waals surface area contributed by atoms with Crippen LogP contribution in [-0.2, 0) is 13.1 Å². The van der Waals surface area contributed by atoms with E-state index in [1.54, 1.807) is 42.7 Å². The van der Waals surface area contributed by atoms with Crippen molar-refractivity contribution in [1.82, 2.24) is 19.8 Å². The van der Waals surface area contributed by atoms with Crippen LogP contribution in [0.25, 0.3) is 22.5 Å². The summed E-state index contributed by atoms with van der Waals surface area (Å²) in [5.41, 5.74) is 5.94. The third-order valence-electron chi connectivity index (χ3n) is 8.52. The number of hydrogen-bond donors (Lipinski definition) is 0. The van der Waals surface area contributed by atoms with Crippen molar-refractivity contribution < 1.29 is 28.4 Å². The zero-order valence-electron chi connectivity index (χ0n) is 29.6. The van der Waals surface area contributed by atoms with Crippen molar-refractivity contribution in [2.45, 2.75) is 39.0 Å². The molecule has 0 bridgehead atoms. The van der Waals surface area contributed by atoms with Gasteiger partial charge in [0, 0.05) is 61.8 Å². The highest BCUT2D eigenvalue weighted by Gasteiger charge is 2.29. The Morgan fingerprint density at radius 3 is 1.24 bits per heavy atom. The third kappa shape index (κ3) is 9.90. The molecule has 0 N–H and O–H groups in total. The number of nitrogens with zero attached hydrogens (tertiary/aromatic N) is 4. The molecule has 0 spiro atoms. The molecule has 1 fully saturated rings. The molecule has 5 rings (SSSR count). The lowest BCUT2D eigenvalue weighted by atomic mass is 10.0. The monoisotopic (exact) mass is 772 g/mol. The normalized spacial score (nSPS) is 15.6. The second-order valence-electron chi connectivity index (χ2n) is 11.5. The Morgan fingerprint density at radius 1 is 0.540 bits per heavy atom. The summed E-state index contributed by atoms with van der Waals surface area (Å²) in [6, 6.07) is 16.9. The van der Waals surface area contributed by atoms with Gasteiger partial charge >= 0.3 is 0 Å². The number of hydrogen-bond acceptors (Lipinski definition) is 10. The largest absolute Gasteiger partial charge is 0.493 e. The molecule has 50 heavy (non-hydrogen) atoms. The summed E-state index contributed by atoms with van der Waals surface area (Å²) in [5.74, 6) is 3.55. The Kier molecular flexibility index (Phi) is 18.3. The van der Waals surface area contributed by atoms with Crippen LogP contribution in [-0.4, -0.2) is 87.6 Å². The van der Waals surface area contributed by atoms with E-state index >= 15 is 0 Å². The number of pyridine rings is 2. The van der Waals surface area contributed by atoms with Crippen molar-refractivity contribution in [3.05, 3.63) is 72.1 Å². The van der Waals surface area contributed by atoms with Gasteiger partial charge in [-0.2, -0.15) is 0 Å². The van der Waals surface area contributed by atoms with E-state index in [1.165, 1.54) is 11.1 Å². The minimum absolute atomic E-state index is 0.